The van der Waals surface area contributed by atoms with Gasteiger partial charge in [-0.1, -0.05) is 42.5 Å². The molecule has 3 aromatic heterocycles. The Morgan fingerprint density at radius 1 is 0.973 bits per heavy atom. The average Bonchev–Trinajstić information content (AvgIpc) is 3.58. The molecule has 10 heteroatoms. The first-order valence-corrected chi connectivity index (χ1v) is 12.9. The molecule has 1 fully saturated rings. The lowest BCUT2D eigenvalue weighted by atomic mass is 10.2. The van der Waals surface area contributed by atoms with Crippen LogP contribution in [0.5, 0.6) is 0 Å². The van der Waals surface area contributed by atoms with Crippen LogP contribution in [-0.2, 0) is 16.0 Å². The summed E-state index contributed by atoms with van der Waals surface area (Å²) in [5.41, 5.74) is 2.67. The third-order valence-corrected chi connectivity index (χ3v) is 6.81. The van der Waals surface area contributed by atoms with Gasteiger partial charge in [0.1, 0.15) is 5.82 Å². The van der Waals surface area contributed by atoms with Gasteiger partial charge in [0.15, 0.2) is 11.5 Å². The Morgan fingerprint density at radius 2 is 1.78 bits per heavy atom. The van der Waals surface area contributed by atoms with Gasteiger partial charge in [-0.15, -0.1) is 15.3 Å². The van der Waals surface area contributed by atoms with Crippen molar-refractivity contribution in [1.29, 1.82) is 0 Å². The highest BCUT2D eigenvalue weighted by atomic mass is 16.5. The van der Waals surface area contributed by atoms with E-state index in [9.17, 15) is 4.79 Å². The van der Waals surface area contributed by atoms with Gasteiger partial charge < -0.3 is 10.1 Å². The third kappa shape index (κ3) is 4.90. The second-order valence-electron chi connectivity index (χ2n) is 9.32. The van der Waals surface area contributed by atoms with E-state index in [1.165, 1.54) is 0 Å². The molecule has 0 radical (unpaired) electrons. The number of para-hydroxylation sites is 1. The minimum atomic E-state index is 0.0758. The number of aromatic nitrogens is 6. The van der Waals surface area contributed by atoms with Crippen molar-refractivity contribution in [2.45, 2.75) is 25.7 Å². The summed E-state index contributed by atoms with van der Waals surface area (Å²) < 4.78 is 9.18. The molecule has 0 saturated carbocycles. The molecule has 6 rings (SSSR count). The summed E-state index contributed by atoms with van der Waals surface area (Å²) in [5, 5.41) is 17.7. The molecule has 37 heavy (non-hydrogen) atoms. The number of nitrogens with zero attached hydrogens (tertiary/aromatic N) is 7. The molecule has 1 N–H and O–H groups in total. The molecule has 1 saturated heterocycles. The van der Waals surface area contributed by atoms with Crippen LogP contribution < -0.4 is 5.32 Å². The van der Waals surface area contributed by atoms with Crippen molar-refractivity contribution in [1.82, 2.24) is 39.4 Å². The lowest BCUT2D eigenvalue weighted by Crippen LogP contribution is -2.38. The Morgan fingerprint density at radius 3 is 2.65 bits per heavy atom. The van der Waals surface area contributed by atoms with E-state index in [1.54, 1.807) is 4.52 Å². The number of aryl methyl sites for hydroxylation is 1. The van der Waals surface area contributed by atoms with Crippen molar-refractivity contribution >= 4 is 28.2 Å². The normalized spacial score (nSPS) is 14.6. The van der Waals surface area contributed by atoms with Gasteiger partial charge in [-0.05, 0) is 31.5 Å². The SMILES string of the molecule is O=C(CCCc1nnc2n3nc(-c4ccccc4)nc3c3ccccc3n12)NCCCN1CCOCC1. The van der Waals surface area contributed by atoms with E-state index in [4.69, 9.17) is 14.8 Å². The van der Waals surface area contributed by atoms with Crippen LogP contribution >= 0.6 is 0 Å². The molecule has 5 aromatic rings. The van der Waals surface area contributed by atoms with E-state index in [-0.39, 0.29) is 5.91 Å². The number of nitrogens with one attached hydrogen (secondary N) is 1. The van der Waals surface area contributed by atoms with Crippen molar-refractivity contribution in [2.75, 3.05) is 39.4 Å². The zero-order valence-corrected chi connectivity index (χ0v) is 20.7. The summed E-state index contributed by atoms with van der Waals surface area (Å²) >= 11 is 0. The molecule has 1 aliphatic rings. The topological polar surface area (TPSA) is 102 Å². The second-order valence-corrected chi connectivity index (χ2v) is 9.32. The van der Waals surface area contributed by atoms with Gasteiger partial charge in [0.2, 0.25) is 5.91 Å². The smallest absolute Gasteiger partial charge is 0.258 e. The number of rotatable bonds is 9. The summed E-state index contributed by atoms with van der Waals surface area (Å²) in [6.45, 7) is 5.24. The summed E-state index contributed by atoms with van der Waals surface area (Å²) in [5.74, 6) is 2.15. The first-order chi connectivity index (χ1) is 18.3. The molecule has 0 aliphatic carbocycles. The zero-order chi connectivity index (χ0) is 25.0. The van der Waals surface area contributed by atoms with Crippen molar-refractivity contribution in [3.8, 4) is 11.4 Å². The van der Waals surface area contributed by atoms with Gasteiger partial charge in [-0.3, -0.25) is 14.1 Å². The van der Waals surface area contributed by atoms with E-state index in [1.807, 2.05) is 59.0 Å². The van der Waals surface area contributed by atoms with Gasteiger partial charge in [0.05, 0.1) is 18.7 Å². The fourth-order valence-electron chi connectivity index (χ4n) is 4.90. The van der Waals surface area contributed by atoms with E-state index < -0.39 is 0 Å². The van der Waals surface area contributed by atoms with Gasteiger partial charge in [0, 0.05) is 43.4 Å². The van der Waals surface area contributed by atoms with Crippen molar-refractivity contribution < 1.29 is 9.53 Å². The van der Waals surface area contributed by atoms with E-state index in [0.29, 0.717) is 37.4 Å². The van der Waals surface area contributed by atoms with E-state index >= 15 is 0 Å². The Labute approximate surface area is 214 Å². The number of ether oxygens (including phenoxy) is 1. The third-order valence-electron chi connectivity index (χ3n) is 6.81. The van der Waals surface area contributed by atoms with Crippen LogP contribution in [-0.4, -0.2) is 79.4 Å². The van der Waals surface area contributed by atoms with Crippen LogP contribution in [0.3, 0.4) is 0 Å². The molecular weight excluding hydrogens is 468 g/mol. The maximum atomic E-state index is 12.4. The predicted octanol–water partition coefficient (Wildman–Crippen LogP) is 2.75. The number of fused-ring (bicyclic) bond motifs is 6. The Balaban J connectivity index is 1.16. The largest absolute Gasteiger partial charge is 0.379 e. The summed E-state index contributed by atoms with van der Waals surface area (Å²) in [6, 6.07) is 18.0. The molecule has 1 aliphatic heterocycles. The second kappa shape index (κ2) is 10.6. The Bertz CT molecular complexity index is 1520. The minimum absolute atomic E-state index is 0.0758. The fourth-order valence-corrected chi connectivity index (χ4v) is 4.90. The van der Waals surface area contributed by atoms with Crippen molar-refractivity contribution in [3.05, 3.63) is 60.4 Å². The first kappa shape index (κ1) is 23.5. The lowest BCUT2D eigenvalue weighted by molar-refractivity contribution is -0.121. The monoisotopic (exact) mass is 498 g/mol. The fraction of sp³-hybridized carbons (Fsp3) is 0.370. The number of benzene rings is 2. The number of hydrogen-bond acceptors (Lipinski definition) is 7. The highest BCUT2D eigenvalue weighted by Crippen LogP contribution is 2.25. The Kier molecular flexibility index (Phi) is 6.74. The van der Waals surface area contributed by atoms with Gasteiger partial charge in [-0.2, -0.15) is 4.52 Å². The highest BCUT2D eigenvalue weighted by Gasteiger charge is 2.18. The predicted molar refractivity (Wildman–Crippen MR) is 140 cm³/mol. The molecule has 4 heterocycles. The maximum Gasteiger partial charge on any atom is 0.258 e. The van der Waals surface area contributed by atoms with Gasteiger partial charge in [-0.25, -0.2) is 4.98 Å². The van der Waals surface area contributed by atoms with E-state index in [0.717, 1.165) is 67.2 Å². The van der Waals surface area contributed by atoms with Crippen molar-refractivity contribution in [3.63, 3.8) is 0 Å². The molecule has 0 unspecified atom stereocenters. The Hall–Kier alpha value is -3.89. The molecule has 1 amide bonds. The standard InChI is InChI=1S/C27H30N8O2/c36-24(28-14-7-15-33-16-18-37-19-17-33)13-6-12-23-30-31-27-34(23)22-11-5-4-10-21(22)26-29-25(32-35(26)27)20-8-2-1-3-9-20/h1-5,8-11H,6-7,12-19H2,(H,28,36). The minimum Gasteiger partial charge on any atom is -0.379 e. The van der Waals surface area contributed by atoms with Crippen LogP contribution in [0.25, 0.3) is 33.7 Å². The summed E-state index contributed by atoms with van der Waals surface area (Å²) in [4.78, 5) is 19.6. The van der Waals surface area contributed by atoms with Crippen LogP contribution in [0.15, 0.2) is 54.6 Å². The number of hydrogen-bond donors (Lipinski definition) is 1. The lowest BCUT2D eigenvalue weighted by Gasteiger charge is -2.26. The molecule has 2 aromatic carbocycles. The molecule has 10 nitrogen and oxygen atoms in total. The number of carbonyl (C=O) groups is 1. The molecular formula is C27H30N8O2. The highest BCUT2D eigenvalue weighted by molar-refractivity contribution is 5.94. The maximum absolute atomic E-state index is 12.4. The molecule has 0 atom stereocenters. The van der Waals surface area contributed by atoms with Gasteiger partial charge >= 0.3 is 0 Å². The molecule has 0 bridgehead atoms. The van der Waals surface area contributed by atoms with Gasteiger partial charge in [0.25, 0.3) is 5.78 Å². The van der Waals surface area contributed by atoms with Crippen molar-refractivity contribution in [2.24, 2.45) is 0 Å². The van der Waals surface area contributed by atoms with Crippen LogP contribution in [0.4, 0.5) is 0 Å². The summed E-state index contributed by atoms with van der Waals surface area (Å²) in [6.07, 6.45) is 2.73. The zero-order valence-electron chi connectivity index (χ0n) is 20.7. The average molecular weight is 499 g/mol. The summed E-state index contributed by atoms with van der Waals surface area (Å²) in [7, 11) is 0. The number of carbonyl (C=O) groups excluding carboxylic acids is 1. The first-order valence-electron chi connectivity index (χ1n) is 12.9. The van der Waals surface area contributed by atoms with Crippen LogP contribution in [0, 0.1) is 0 Å². The van der Waals surface area contributed by atoms with Crippen LogP contribution in [0.1, 0.15) is 25.1 Å². The van der Waals surface area contributed by atoms with Crippen LogP contribution in [0.2, 0.25) is 0 Å². The molecule has 0 spiro atoms. The number of morpholine rings is 1. The number of amides is 1. The molecule has 190 valence electrons. The van der Waals surface area contributed by atoms with E-state index in [2.05, 4.69) is 20.4 Å². The quantitative estimate of drug-likeness (QED) is 0.312.